The minimum atomic E-state index is -1.40. The van der Waals surface area contributed by atoms with E-state index in [9.17, 15) is 5.11 Å². The number of hydrogen-bond donors (Lipinski definition) is 1. The van der Waals surface area contributed by atoms with Gasteiger partial charge < -0.3 is 14.6 Å². The average molecular weight is 336 g/mol. The lowest BCUT2D eigenvalue weighted by molar-refractivity contribution is -0.220. The summed E-state index contributed by atoms with van der Waals surface area (Å²) in [6.07, 6.45) is 0. The molecule has 0 aromatic rings. The smallest absolute Gasteiger partial charge is 0.217 e. The van der Waals surface area contributed by atoms with E-state index in [4.69, 9.17) is 55.9 Å². The molecule has 1 N–H and O–H groups in total. The van der Waals surface area contributed by atoms with Crippen molar-refractivity contribution in [1.82, 2.24) is 0 Å². The third-order valence-corrected chi connectivity index (χ3v) is 7.07. The Labute approximate surface area is 126 Å². The number of ether oxygens (including phenoxy) is 2. The maximum Gasteiger partial charge on any atom is 0.217 e. The van der Waals surface area contributed by atoms with Gasteiger partial charge in [0.15, 0.2) is 0 Å². The Bertz CT molecular complexity index is 409. The van der Waals surface area contributed by atoms with Crippen molar-refractivity contribution in [1.29, 1.82) is 0 Å². The second kappa shape index (κ2) is 4.39. The molecule has 2 aliphatic carbocycles. The molecule has 2 rings (SSSR count). The molecule has 0 radical (unpaired) electrons. The highest BCUT2D eigenvalue weighted by molar-refractivity contribution is 6.52. The molecule has 2 bridgehead atoms. The van der Waals surface area contributed by atoms with Gasteiger partial charge in [0.1, 0.15) is 9.75 Å². The molecule has 18 heavy (non-hydrogen) atoms. The van der Waals surface area contributed by atoms with E-state index in [-0.39, 0.29) is 22.6 Å². The van der Waals surface area contributed by atoms with Gasteiger partial charge in [-0.3, -0.25) is 0 Å². The lowest BCUT2D eigenvalue weighted by Gasteiger charge is -2.41. The highest BCUT2D eigenvalue weighted by Crippen LogP contribution is 2.73. The fourth-order valence-electron chi connectivity index (χ4n) is 3.36. The summed E-state index contributed by atoms with van der Waals surface area (Å²) < 4.78 is 11.0. The summed E-state index contributed by atoms with van der Waals surface area (Å²) >= 11 is 25.8. The summed E-state index contributed by atoms with van der Waals surface area (Å²) in [6, 6.07) is 0. The Morgan fingerprint density at radius 1 is 1.11 bits per heavy atom. The Morgan fingerprint density at radius 3 is 1.89 bits per heavy atom. The second-order valence-corrected chi connectivity index (χ2v) is 6.60. The van der Waals surface area contributed by atoms with Crippen LogP contribution in [0.5, 0.6) is 0 Å². The van der Waals surface area contributed by atoms with Gasteiger partial charge in [-0.1, -0.05) is 30.1 Å². The van der Waals surface area contributed by atoms with E-state index >= 15 is 0 Å². The molecule has 0 heterocycles. The van der Waals surface area contributed by atoms with Crippen LogP contribution in [0.4, 0.5) is 0 Å². The van der Waals surface area contributed by atoms with Gasteiger partial charge in [-0.2, -0.15) is 0 Å². The average Bonchev–Trinajstić information content (AvgIpc) is 2.59. The van der Waals surface area contributed by atoms with Gasteiger partial charge in [0.05, 0.1) is 10.1 Å². The summed E-state index contributed by atoms with van der Waals surface area (Å²) in [4.78, 5) is -2.49. The molecule has 7 heteroatoms. The van der Waals surface area contributed by atoms with E-state index in [1.165, 1.54) is 14.2 Å². The van der Waals surface area contributed by atoms with Crippen LogP contribution in [-0.2, 0) is 9.47 Å². The van der Waals surface area contributed by atoms with Crippen molar-refractivity contribution in [3.05, 3.63) is 10.1 Å². The molecule has 104 valence electrons. The Balaban J connectivity index is 2.76. The molecule has 1 saturated carbocycles. The molecule has 1 fully saturated rings. The molecular formula is C11H14Cl4O3. The van der Waals surface area contributed by atoms with Crippen molar-refractivity contribution in [2.45, 2.75) is 22.5 Å². The fourth-order valence-corrected chi connectivity index (χ4v) is 5.57. The van der Waals surface area contributed by atoms with Crippen molar-refractivity contribution in [2.24, 2.45) is 11.8 Å². The molecule has 3 nitrogen and oxygen atoms in total. The molecule has 0 aromatic carbocycles. The molecule has 0 spiro atoms. The number of rotatable bonds is 3. The minimum absolute atomic E-state index is 0.182. The monoisotopic (exact) mass is 334 g/mol. The van der Waals surface area contributed by atoms with Crippen LogP contribution < -0.4 is 0 Å². The van der Waals surface area contributed by atoms with Crippen molar-refractivity contribution in [3.8, 4) is 0 Å². The molecule has 0 aliphatic heterocycles. The van der Waals surface area contributed by atoms with Crippen LogP contribution in [0, 0.1) is 11.8 Å². The summed E-state index contributed by atoms with van der Waals surface area (Å²) in [5.74, 6) is -2.06. The van der Waals surface area contributed by atoms with Gasteiger partial charge in [0.25, 0.3) is 0 Å². The molecule has 0 amide bonds. The van der Waals surface area contributed by atoms with Crippen LogP contribution in [0.2, 0.25) is 0 Å². The van der Waals surface area contributed by atoms with Crippen molar-refractivity contribution >= 4 is 46.4 Å². The van der Waals surface area contributed by atoms with Crippen LogP contribution in [0.15, 0.2) is 10.1 Å². The zero-order valence-corrected chi connectivity index (χ0v) is 13.2. The SMILES string of the molecule is COC1(OC)[C@@]2(Cl)C(Cl)=C(Cl)[C@@]1(Cl)C(CO)C2C. The first-order valence-electron chi connectivity index (χ1n) is 5.44. The first-order valence-corrected chi connectivity index (χ1v) is 6.96. The van der Waals surface area contributed by atoms with E-state index < -0.39 is 21.5 Å². The number of alkyl halides is 2. The number of aliphatic hydroxyl groups excluding tert-OH is 1. The van der Waals surface area contributed by atoms with Gasteiger partial charge in [-0.15, -0.1) is 23.2 Å². The lowest BCUT2D eigenvalue weighted by atomic mass is 9.84. The Morgan fingerprint density at radius 2 is 1.56 bits per heavy atom. The largest absolute Gasteiger partial charge is 0.396 e. The van der Waals surface area contributed by atoms with Gasteiger partial charge in [-0.05, 0) is 5.92 Å². The van der Waals surface area contributed by atoms with Crippen LogP contribution in [0.1, 0.15) is 6.92 Å². The molecule has 4 atom stereocenters. The van der Waals surface area contributed by atoms with E-state index in [0.29, 0.717) is 0 Å². The normalized spacial score (nSPS) is 46.0. The van der Waals surface area contributed by atoms with Crippen LogP contribution in [0.25, 0.3) is 0 Å². The first kappa shape index (κ1) is 15.2. The number of halogens is 4. The Kier molecular flexibility index (Phi) is 3.70. The number of methoxy groups -OCH3 is 2. The van der Waals surface area contributed by atoms with Gasteiger partial charge in [-0.25, -0.2) is 0 Å². The zero-order chi connectivity index (χ0) is 13.9. The van der Waals surface area contributed by atoms with Crippen LogP contribution in [-0.4, -0.2) is 41.5 Å². The quantitative estimate of drug-likeness (QED) is 0.636. The Hall–Kier alpha value is 0.780. The summed E-state index contributed by atoms with van der Waals surface area (Å²) in [5, 5.41) is 9.99. The van der Waals surface area contributed by atoms with E-state index in [2.05, 4.69) is 0 Å². The van der Waals surface area contributed by atoms with E-state index in [0.717, 1.165) is 0 Å². The highest BCUT2D eigenvalue weighted by atomic mass is 35.5. The molecule has 2 aliphatic rings. The lowest BCUT2D eigenvalue weighted by Crippen LogP contribution is -2.57. The molecule has 2 unspecified atom stereocenters. The van der Waals surface area contributed by atoms with Crippen LogP contribution >= 0.6 is 46.4 Å². The standard InChI is InChI=1S/C11H14Cl4O3/c1-5-6(4-16)10(15)8(13)7(12)9(5,14)11(10,17-2)18-3/h5-6,16H,4H2,1-3H3/t5?,6?,9-,10-/m0/s1. The van der Waals surface area contributed by atoms with Gasteiger partial charge in [0, 0.05) is 26.7 Å². The van der Waals surface area contributed by atoms with Crippen LogP contribution in [0.3, 0.4) is 0 Å². The first-order chi connectivity index (χ1) is 8.29. The summed E-state index contributed by atoms with van der Waals surface area (Å²) in [7, 11) is 2.87. The highest BCUT2D eigenvalue weighted by Gasteiger charge is 2.83. The number of aliphatic hydroxyl groups is 1. The third kappa shape index (κ3) is 1.21. The molecule has 0 aromatic heterocycles. The zero-order valence-electron chi connectivity index (χ0n) is 10.1. The predicted octanol–water partition coefficient (Wildman–Crippen LogP) is 2.89. The summed E-state index contributed by atoms with van der Waals surface area (Å²) in [6.45, 7) is 1.66. The second-order valence-electron chi connectivity index (χ2n) is 4.65. The topological polar surface area (TPSA) is 38.7 Å². The van der Waals surface area contributed by atoms with Crippen molar-refractivity contribution < 1.29 is 14.6 Å². The van der Waals surface area contributed by atoms with E-state index in [1.54, 1.807) is 0 Å². The fraction of sp³-hybridized carbons (Fsp3) is 0.818. The van der Waals surface area contributed by atoms with Crippen molar-refractivity contribution in [2.75, 3.05) is 20.8 Å². The maximum atomic E-state index is 9.59. The minimum Gasteiger partial charge on any atom is -0.396 e. The summed E-state index contributed by atoms with van der Waals surface area (Å²) in [5.41, 5.74) is 0. The predicted molar refractivity (Wildman–Crippen MR) is 72.4 cm³/mol. The molecular weight excluding hydrogens is 322 g/mol. The van der Waals surface area contributed by atoms with E-state index in [1.807, 2.05) is 6.92 Å². The number of fused-ring (bicyclic) bond motifs is 2. The van der Waals surface area contributed by atoms with Crippen molar-refractivity contribution in [3.63, 3.8) is 0 Å². The number of hydrogen-bond acceptors (Lipinski definition) is 3. The van der Waals surface area contributed by atoms with Gasteiger partial charge >= 0.3 is 0 Å². The third-order valence-electron chi connectivity index (χ3n) is 4.30. The van der Waals surface area contributed by atoms with Gasteiger partial charge in [0.2, 0.25) is 5.79 Å². The molecule has 0 saturated heterocycles. The maximum absolute atomic E-state index is 9.59.